The highest BCUT2D eigenvalue weighted by Crippen LogP contribution is 2.25. The maximum Gasteiger partial charge on any atom is 0.304 e. The molecule has 3 nitrogen and oxygen atoms in total. The number of carbonyl (C=O) groups is 1. The third-order valence-electron chi connectivity index (χ3n) is 2.01. The van der Waals surface area contributed by atoms with Gasteiger partial charge in [0.15, 0.2) is 0 Å². The Balaban J connectivity index is 2.88. The first-order valence-electron chi connectivity index (χ1n) is 4.43. The van der Waals surface area contributed by atoms with E-state index in [4.69, 9.17) is 5.11 Å². The van der Waals surface area contributed by atoms with Crippen LogP contribution in [-0.2, 0) is 4.79 Å². The maximum absolute atomic E-state index is 12.5. The van der Waals surface area contributed by atoms with Crippen LogP contribution in [0.2, 0.25) is 0 Å². The van der Waals surface area contributed by atoms with Gasteiger partial charge in [0.05, 0.1) is 12.3 Å². The van der Waals surface area contributed by atoms with Crippen molar-refractivity contribution in [1.82, 2.24) is 4.98 Å². The third-order valence-corrected chi connectivity index (χ3v) is 2.01. The lowest BCUT2D eigenvalue weighted by molar-refractivity contribution is -0.138. The molecule has 0 aromatic carbocycles. The number of aryl methyl sites for hydroxylation is 1. The lowest BCUT2D eigenvalue weighted by Gasteiger charge is -2.12. The first-order chi connectivity index (χ1) is 7.00. The van der Waals surface area contributed by atoms with Crippen molar-refractivity contribution in [1.29, 1.82) is 0 Å². The second-order valence-corrected chi connectivity index (χ2v) is 3.30. The van der Waals surface area contributed by atoms with Gasteiger partial charge in [-0.25, -0.2) is 8.78 Å². The highest BCUT2D eigenvalue weighted by molar-refractivity contribution is 5.68. The van der Waals surface area contributed by atoms with Crippen LogP contribution >= 0.6 is 0 Å². The number of hydrogen-bond acceptors (Lipinski definition) is 2. The summed E-state index contributed by atoms with van der Waals surface area (Å²) in [7, 11) is 0. The predicted molar refractivity (Wildman–Crippen MR) is 50.0 cm³/mol. The monoisotopic (exact) mass is 215 g/mol. The molecule has 0 aliphatic rings. The van der Waals surface area contributed by atoms with Gasteiger partial charge in [-0.1, -0.05) is 6.07 Å². The molecule has 1 unspecified atom stereocenters. The van der Waals surface area contributed by atoms with Crippen LogP contribution in [0.1, 0.15) is 23.6 Å². The second kappa shape index (κ2) is 4.82. The standard InChI is InChI=1S/C10H11F2NO2/c1-6-2-3-8(13-5-6)7(10(11)12)4-9(14)15/h2-3,5,7,10H,4H2,1H3,(H,14,15). The third kappa shape index (κ3) is 3.27. The van der Waals surface area contributed by atoms with Crippen LogP contribution in [0.15, 0.2) is 18.3 Å². The number of rotatable bonds is 4. The summed E-state index contributed by atoms with van der Waals surface area (Å²) < 4.78 is 25.1. The summed E-state index contributed by atoms with van der Waals surface area (Å²) in [6.07, 6.45) is -1.86. The summed E-state index contributed by atoms with van der Waals surface area (Å²) in [6, 6.07) is 3.08. The molecule has 0 fully saturated rings. The summed E-state index contributed by atoms with van der Waals surface area (Å²) in [6.45, 7) is 1.78. The molecule has 0 spiro atoms. The minimum absolute atomic E-state index is 0.123. The van der Waals surface area contributed by atoms with Crippen molar-refractivity contribution in [2.75, 3.05) is 0 Å². The van der Waals surface area contributed by atoms with Crippen LogP contribution in [0.25, 0.3) is 0 Å². The summed E-state index contributed by atoms with van der Waals surface area (Å²) in [4.78, 5) is 14.2. The molecule has 1 aromatic heterocycles. The van der Waals surface area contributed by atoms with Crippen molar-refractivity contribution in [2.45, 2.75) is 25.7 Å². The highest BCUT2D eigenvalue weighted by atomic mass is 19.3. The van der Waals surface area contributed by atoms with Gasteiger partial charge in [-0.3, -0.25) is 9.78 Å². The zero-order valence-electron chi connectivity index (χ0n) is 8.15. The van der Waals surface area contributed by atoms with Gasteiger partial charge in [0.1, 0.15) is 0 Å². The van der Waals surface area contributed by atoms with Crippen LogP contribution < -0.4 is 0 Å². The van der Waals surface area contributed by atoms with Crippen molar-refractivity contribution in [3.05, 3.63) is 29.6 Å². The van der Waals surface area contributed by atoms with E-state index >= 15 is 0 Å². The van der Waals surface area contributed by atoms with Crippen LogP contribution in [-0.4, -0.2) is 22.5 Å². The SMILES string of the molecule is Cc1ccc(C(CC(=O)O)C(F)F)nc1. The largest absolute Gasteiger partial charge is 0.481 e. The number of carboxylic acid groups (broad SMARTS) is 1. The Bertz CT molecular complexity index is 338. The van der Waals surface area contributed by atoms with Gasteiger partial charge in [-0.2, -0.15) is 0 Å². The van der Waals surface area contributed by atoms with Crippen molar-refractivity contribution in [3.63, 3.8) is 0 Å². The maximum atomic E-state index is 12.5. The smallest absolute Gasteiger partial charge is 0.304 e. The number of carboxylic acids is 1. The van der Waals surface area contributed by atoms with E-state index in [9.17, 15) is 13.6 Å². The second-order valence-electron chi connectivity index (χ2n) is 3.30. The average molecular weight is 215 g/mol. The molecule has 0 bridgehead atoms. The van der Waals surface area contributed by atoms with E-state index in [0.29, 0.717) is 0 Å². The highest BCUT2D eigenvalue weighted by Gasteiger charge is 2.26. The van der Waals surface area contributed by atoms with Gasteiger partial charge in [0, 0.05) is 11.9 Å². The molecule has 0 aliphatic heterocycles. The fraction of sp³-hybridized carbons (Fsp3) is 0.400. The number of alkyl halides is 2. The molecule has 0 saturated carbocycles. The molecule has 1 aromatic rings. The van der Waals surface area contributed by atoms with E-state index in [1.165, 1.54) is 12.3 Å². The van der Waals surface area contributed by atoms with Crippen LogP contribution in [0, 0.1) is 6.92 Å². The van der Waals surface area contributed by atoms with E-state index in [1.807, 2.05) is 0 Å². The average Bonchev–Trinajstić information content (AvgIpc) is 2.15. The molecule has 82 valence electrons. The van der Waals surface area contributed by atoms with Gasteiger partial charge in [0.2, 0.25) is 6.43 Å². The fourth-order valence-corrected chi connectivity index (χ4v) is 1.21. The number of aromatic nitrogens is 1. The summed E-state index contributed by atoms with van der Waals surface area (Å²) in [5.41, 5.74) is 0.972. The van der Waals surface area contributed by atoms with E-state index in [2.05, 4.69) is 4.98 Å². The summed E-state index contributed by atoms with van der Waals surface area (Å²) in [5, 5.41) is 8.49. The molecule has 1 N–H and O–H groups in total. The zero-order valence-corrected chi connectivity index (χ0v) is 8.15. The Labute approximate surface area is 85.8 Å². The van der Waals surface area contributed by atoms with Gasteiger partial charge >= 0.3 is 5.97 Å². The molecular weight excluding hydrogens is 204 g/mol. The lowest BCUT2D eigenvalue weighted by atomic mass is 10.0. The Kier molecular flexibility index (Phi) is 3.71. The Hall–Kier alpha value is -1.52. The number of hydrogen-bond donors (Lipinski definition) is 1. The van der Waals surface area contributed by atoms with E-state index in [1.54, 1.807) is 13.0 Å². The minimum atomic E-state index is -2.71. The quantitative estimate of drug-likeness (QED) is 0.837. The molecule has 1 heterocycles. The van der Waals surface area contributed by atoms with Gasteiger partial charge < -0.3 is 5.11 Å². The van der Waals surface area contributed by atoms with Crippen molar-refractivity contribution < 1.29 is 18.7 Å². The number of halogens is 2. The molecule has 0 amide bonds. The molecular formula is C10H11F2NO2. The topological polar surface area (TPSA) is 50.2 Å². The van der Waals surface area contributed by atoms with Crippen LogP contribution in [0.5, 0.6) is 0 Å². The molecule has 0 radical (unpaired) electrons. The zero-order chi connectivity index (χ0) is 11.4. The van der Waals surface area contributed by atoms with Crippen molar-refractivity contribution in [3.8, 4) is 0 Å². The van der Waals surface area contributed by atoms with E-state index < -0.39 is 24.7 Å². The fourth-order valence-electron chi connectivity index (χ4n) is 1.21. The lowest BCUT2D eigenvalue weighted by Crippen LogP contribution is -2.15. The first-order valence-corrected chi connectivity index (χ1v) is 4.43. The number of nitrogens with zero attached hydrogens (tertiary/aromatic N) is 1. The molecule has 5 heteroatoms. The number of pyridine rings is 1. The molecule has 15 heavy (non-hydrogen) atoms. The Morgan fingerprint density at radius 3 is 2.60 bits per heavy atom. The Morgan fingerprint density at radius 2 is 2.20 bits per heavy atom. The van der Waals surface area contributed by atoms with Crippen molar-refractivity contribution in [2.24, 2.45) is 0 Å². The minimum Gasteiger partial charge on any atom is -0.481 e. The molecule has 1 atom stereocenters. The number of aliphatic carboxylic acids is 1. The summed E-state index contributed by atoms with van der Waals surface area (Å²) >= 11 is 0. The van der Waals surface area contributed by atoms with Crippen LogP contribution in [0.3, 0.4) is 0 Å². The summed E-state index contributed by atoms with van der Waals surface area (Å²) in [5.74, 6) is -2.58. The molecule has 0 saturated heterocycles. The van der Waals surface area contributed by atoms with Crippen molar-refractivity contribution >= 4 is 5.97 Å². The predicted octanol–water partition coefficient (Wildman–Crippen LogP) is 2.21. The first kappa shape index (κ1) is 11.6. The Morgan fingerprint density at radius 1 is 1.53 bits per heavy atom. The molecule has 1 rings (SSSR count). The normalized spacial score (nSPS) is 12.8. The van der Waals surface area contributed by atoms with Gasteiger partial charge in [-0.05, 0) is 18.6 Å². The van der Waals surface area contributed by atoms with Gasteiger partial charge in [-0.15, -0.1) is 0 Å². The van der Waals surface area contributed by atoms with Crippen LogP contribution in [0.4, 0.5) is 8.78 Å². The van der Waals surface area contributed by atoms with Gasteiger partial charge in [0.25, 0.3) is 0 Å². The molecule has 0 aliphatic carbocycles. The van der Waals surface area contributed by atoms with E-state index in [-0.39, 0.29) is 5.69 Å². The van der Waals surface area contributed by atoms with E-state index in [0.717, 1.165) is 5.56 Å².